The van der Waals surface area contributed by atoms with E-state index in [1.165, 1.54) is 54.1 Å². The van der Waals surface area contributed by atoms with Gasteiger partial charge >= 0.3 is 0 Å². The van der Waals surface area contributed by atoms with Gasteiger partial charge in [-0.2, -0.15) is 0 Å². The van der Waals surface area contributed by atoms with Crippen LogP contribution in [0.5, 0.6) is 0 Å². The van der Waals surface area contributed by atoms with Gasteiger partial charge in [0.25, 0.3) is 0 Å². The molecule has 1 aromatic heterocycles. The average molecular weight is 353 g/mol. The number of para-hydroxylation sites is 1. The lowest BCUT2D eigenvalue weighted by molar-refractivity contribution is 0.372. The van der Waals surface area contributed by atoms with Crippen LogP contribution in [0.3, 0.4) is 0 Å². The van der Waals surface area contributed by atoms with Gasteiger partial charge < -0.3 is 9.88 Å². The largest absolute Gasteiger partial charge is 0.343 e. The van der Waals surface area contributed by atoms with Crippen LogP contribution in [0.2, 0.25) is 5.02 Å². The Hall–Kier alpha value is -1.77. The Morgan fingerprint density at radius 1 is 0.960 bits per heavy atom. The maximum Gasteiger partial charge on any atom is 0.0486 e. The molecule has 0 saturated heterocycles. The Kier molecular flexibility index (Phi) is 5.09. The SMILES string of the molecule is Clc1ccc(Cn2cc(CNC3CCCCC3)c3ccccc32)cc1. The molecule has 1 N–H and O–H groups in total. The van der Waals surface area contributed by atoms with Crippen molar-refractivity contribution in [2.24, 2.45) is 0 Å². The van der Waals surface area contributed by atoms with Crippen LogP contribution in [0, 0.1) is 0 Å². The lowest BCUT2D eigenvalue weighted by Gasteiger charge is -2.22. The van der Waals surface area contributed by atoms with E-state index in [-0.39, 0.29) is 0 Å². The number of fused-ring (bicyclic) bond motifs is 1. The first-order valence-corrected chi connectivity index (χ1v) is 9.72. The first-order valence-electron chi connectivity index (χ1n) is 9.34. The van der Waals surface area contributed by atoms with E-state index in [2.05, 4.69) is 52.5 Å². The Balaban J connectivity index is 1.56. The summed E-state index contributed by atoms with van der Waals surface area (Å²) in [6.45, 7) is 1.83. The summed E-state index contributed by atoms with van der Waals surface area (Å²) in [5, 5.41) is 5.94. The van der Waals surface area contributed by atoms with Gasteiger partial charge in [-0.15, -0.1) is 0 Å². The lowest BCUT2D eigenvalue weighted by atomic mass is 9.95. The van der Waals surface area contributed by atoms with Crippen LogP contribution < -0.4 is 5.32 Å². The number of benzene rings is 2. The summed E-state index contributed by atoms with van der Waals surface area (Å²) in [5.74, 6) is 0. The summed E-state index contributed by atoms with van der Waals surface area (Å²) in [5.41, 5.74) is 3.98. The third-order valence-corrected chi connectivity index (χ3v) is 5.58. The van der Waals surface area contributed by atoms with Crippen molar-refractivity contribution in [2.75, 3.05) is 0 Å². The maximum absolute atomic E-state index is 6.01. The molecule has 130 valence electrons. The molecule has 0 spiro atoms. The van der Waals surface area contributed by atoms with Crippen LogP contribution in [0.4, 0.5) is 0 Å². The maximum atomic E-state index is 6.01. The first kappa shape index (κ1) is 16.7. The van der Waals surface area contributed by atoms with Gasteiger partial charge in [-0.1, -0.05) is 61.2 Å². The monoisotopic (exact) mass is 352 g/mol. The van der Waals surface area contributed by atoms with E-state index in [1.807, 2.05) is 12.1 Å². The Bertz CT molecular complexity index is 829. The molecular weight excluding hydrogens is 328 g/mol. The summed E-state index contributed by atoms with van der Waals surface area (Å²) in [7, 11) is 0. The van der Waals surface area contributed by atoms with E-state index in [9.17, 15) is 0 Å². The minimum absolute atomic E-state index is 0.687. The van der Waals surface area contributed by atoms with Crippen molar-refractivity contribution in [1.29, 1.82) is 0 Å². The van der Waals surface area contributed by atoms with E-state index >= 15 is 0 Å². The van der Waals surface area contributed by atoms with Crippen molar-refractivity contribution in [2.45, 2.75) is 51.2 Å². The highest BCUT2D eigenvalue weighted by Crippen LogP contribution is 2.24. The van der Waals surface area contributed by atoms with Gasteiger partial charge in [-0.05, 0) is 42.2 Å². The van der Waals surface area contributed by atoms with E-state index in [1.54, 1.807) is 0 Å². The van der Waals surface area contributed by atoms with Gasteiger partial charge in [0, 0.05) is 41.3 Å². The van der Waals surface area contributed by atoms with E-state index in [4.69, 9.17) is 11.6 Å². The van der Waals surface area contributed by atoms with Crippen LogP contribution in [0.25, 0.3) is 10.9 Å². The molecule has 3 aromatic rings. The fraction of sp³-hybridized carbons (Fsp3) is 0.364. The molecule has 0 radical (unpaired) electrons. The zero-order chi connectivity index (χ0) is 17.1. The number of nitrogens with zero attached hydrogens (tertiary/aromatic N) is 1. The third kappa shape index (κ3) is 3.91. The molecule has 1 fully saturated rings. The van der Waals surface area contributed by atoms with Gasteiger partial charge in [0.05, 0.1) is 0 Å². The Labute approximate surface area is 154 Å². The topological polar surface area (TPSA) is 17.0 Å². The van der Waals surface area contributed by atoms with Crippen LogP contribution in [0.15, 0.2) is 54.7 Å². The zero-order valence-corrected chi connectivity index (χ0v) is 15.3. The van der Waals surface area contributed by atoms with Crippen molar-refractivity contribution in [3.8, 4) is 0 Å². The first-order chi connectivity index (χ1) is 12.3. The molecule has 1 aliphatic rings. The summed E-state index contributed by atoms with van der Waals surface area (Å²) < 4.78 is 2.36. The second-order valence-corrected chi connectivity index (χ2v) is 7.58. The molecule has 1 aliphatic carbocycles. The van der Waals surface area contributed by atoms with Gasteiger partial charge in [-0.25, -0.2) is 0 Å². The molecule has 3 heteroatoms. The number of rotatable bonds is 5. The highest BCUT2D eigenvalue weighted by molar-refractivity contribution is 6.30. The van der Waals surface area contributed by atoms with E-state index in [0.717, 1.165) is 18.1 Å². The van der Waals surface area contributed by atoms with Crippen LogP contribution in [0.1, 0.15) is 43.2 Å². The minimum atomic E-state index is 0.687. The number of nitrogens with one attached hydrogen (secondary N) is 1. The van der Waals surface area contributed by atoms with Crippen LogP contribution in [-0.2, 0) is 13.1 Å². The predicted octanol–water partition coefficient (Wildman–Crippen LogP) is 5.77. The number of hydrogen-bond acceptors (Lipinski definition) is 1. The van der Waals surface area contributed by atoms with Crippen molar-refractivity contribution in [3.05, 3.63) is 70.9 Å². The molecule has 2 nitrogen and oxygen atoms in total. The Morgan fingerprint density at radius 2 is 1.72 bits per heavy atom. The van der Waals surface area contributed by atoms with Gasteiger partial charge in [0.1, 0.15) is 0 Å². The minimum Gasteiger partial charge on any atom is -0.343 e. The Morgan fingerprint density at radius 3 is 2.52 bits per heavy atom. The predicted molar refractivity (Wildman–Crippen MR) is 106 cm³/mol. The molecule has 2 aromatic carbocycles. The fourth-order valence-electron chi connectivity index (χ4n) is 3.94. The van der Waals surface area contributed by atoms with Crippen molar-refractivity contribution < 1.29 is 0 Å². The normalized spacial score (nSPS) is 15.7. The molecule has 25 heavy (non-hydrogen) atoms. The molecule has 1 saturated carbocycles. The molecule has 0 aliphatic heterocycles. The zero-order valence-electron chi connectivity index (χ0n) is 14.5. The molecule has 0 atom stereocenters. The molecular formula is C22H25ClN2. The molecule has 4 rings (SSSR count). The van der Waals surface area contributed by atoms with Gasteiger partial charge in [0.2, 0.25) is 0 Å². The van der Waals surface area contributed by atoms with E-state index < -0.39 is 0 Å². The van der Waals surface area contributed by atoms with Crippen LogP contribution >= 0.6 is 11.6 Å². The number of aromatic nitrogens is 1. The lowest BCUT2D eigenvalue weighted by Crippen LogP contribution is -2.30. The summed E-state index contributed by atoms with van der Waals surface area (Å²) in [6, 6.07) is 17.6. The second-order valence-electron chi connectivity index (χ2n) is 7.14. The van der Waals surface area contributed by atoms with Crippen molar-refractivity contribution >= 4 is 22.5 Å². The number of hydrogen-bond donors (Lipinski definition) is 1. The summed E-state index contributed by atoms with van der Waals surface area (Å²) in [4.78, 5) is 0. The number of halogens is 1. The highest BCUT2D eigenvalue weighted by atomic mass is 35.5. The van der Waals surface area contributed by atoms with Crippen molar-refractivity contribution in [3.63, 3.8) is 0 Å². The molecule has 0 bridgehead atoms. The van der Waals surface area contributed by atoms with Gasteiger partial charge in [0.15, 0.2) is 0 Å². The van der Waals surface area contributed by atoms with Gasteiger partial charge in [-0.3, -0.25) is 0 Å². The quantitative estimate of drug-likeness (QED) is 0.617. The third-order valence-electron chi connectivity index (χ3n) is 5.32. The van der Waals surface area contributed by atoms with Crippen LogP contribution in [-0.4, -0.2) is 10.6 Å². The summed E-state index contributed by atoms with van der Waals surface area (Å²) >= 11 is 6.01. The fourth-order valence-corrected chi connectivity index (χ4v) is 4.07. The molecule has 1 heterocycles. The van der Waals surface area contributed by atoms with E-state index in [0.29, 0.717) is 6.04 Å². The average Bonchev–Trinajstić information content (AvgIpc) is 3.01. The van der Waals surface area contributed by atoms with Crippen molar-refractivity contribution in [1.82, 2.24) is 9.88 Å². The standard InChI is InChI=1S/C22H25ClN2/c23-19-12-10-17(11-13-19)15-25-16-18(21-8-4-5-9-22(21)25)14-24-20-6-2-1-3-7-20/h4-5,8-13,16,20,24H,1-3,6-7,14-15H2. The second kappa shape index (κ2) is 7.63. The smallest absolute Gasteiger partial charge is 0.0486 e. The highest BCUT2D eigenvalue weighted by Gasteiger charge is 2.14. The molecule has 0 unspecified atom stereocenters. The molecule has 0 amide bonds. The summed E-state index contributed by atoms with van der Waals surface area (Å²) in [6.07, 6.45) is 9.10.